The van der Waals surface area contributed by atoms with E-state index in [0.717, 1.165) is 13.1 Å². The van der Waals surface area contributed by atoms with Crippen molar-refractivity contribution in [1.29, 1.82) is 0 Å². The Bertz CT molecular complexity index is 155. The van der Waals surface area contributed by atoms with Crippen molar-refractivity contribution in [2.75, 3.05) is 13.1 Å². The van der Waals surface area contributed by atoms with E-state index in [0.29, 0.717) is 0 Å². The molecule has 0 bridgehead atoms. The molecule has 15 heavy (non-hydrogen) atoms. The van der Waals surface area contributed by atoms with E-state index >= 15 is 0 Å². The van der Waals surface area contributed by atoms with Gasteiger partial charge >= 0.3 is 0 Å². The molecule has 0 heterocycles. The summed E-state index contributed by atoms with van der Waals surface area (Å²) in [6.45, 7) is 14.8. The van der Waals surface area contributed by atoms with Crippen LogP contribution < -0.4 is 0 Å². The van der Waals surface area contributed by atoms with E-state index in [1.165, 1.54) is 0 Å². The second kappa shape index (κ2) is 7.20. The van der Waals surface area contributed by atoms with E-state index in [4.69, 9.17) is 0 Å². The molecule has 0 spiro atoms. The standard InChI is InChI=1S/C12H24N2.Ge/c1-11(2,3)9-13-7-8-14-10-12(4,5)6;/h7-8H,9-10H2,1-6H3;/q-2;/b8-7-;. The molecule has 0 aromatic heterocycles. The molecule has 0 aliphatic carbocycles. The van der Waals surface area contributed by atoms with Crippen molar-refractivity contribution < 1.29 is 0 Å². The molecule has 0 aromatic carbocycles. The Morgan fingerprint density at radius 3 is 1.20 bits per heavy atom. The van der Waals surface area contributed by atoms with Gasteiger partial charge in [0, 0.05) is 17.6 Å². The molecular formula is C12H24GeN2-2. The molecule has 4 radical (unpaired) electrons. The summed E-state index contributed by atoms with van der Waals surface area (Å²) in [6, 6.07) is 0. The van der Waals surface area contributed by atoms with Gasteiger partial charge in [-0.3, -0.25) is 0 Å². The number of nitrogens with zero attached hydrogens (tertiary/aromatic N) is 2. The Labute approximate surface area is 106 Å². The molecular weight excluding hydrogens is 245 g/mol. The van der Waals surface area contributed by atoms with Crippen LogP contribution in [0, 0.1) is 10.8 Å². The van der Waals surface area contributed by atoms with Gasteiger partial charge < -0.3 is 10.6 Å². The van der Waals surface area contributed by atoms with E-state index in [-0.39, 0.29) is 28.4 Å². The largest absolute Gasteiger partial charge is 0.692 e. The molecule has 0 N–H and O–H groups in total. The summed E-state index contributed by atoms with van der Waals surface area (Å²) >= 11 is 0. The third-order valence-corrected chi connectivity index (χ3v) is 1.41. The second-order valence-electron chi connectivity index (χ2n) is 6.10. The van der Waals surface area contributed by atoms with Gasteiger partial charge in [-0.2, -0.15) is 0 Å². The first-order valence-electron chi connectivity index (χ1n) is 5.19. The third kappa shape index (κ3) is 16.6. The maximum Gasteiger partial charge on any atom is 0 e. The molecule has 0 rings (SSSR count). The van der Waals surface area contributed by atoms with Gasteiger partial charge in [-0.25, -0.2) is 12.4 Å². The number of rotatable bonds is 4. The van der Waals surface area contributed by atoms with Gasteiger partial charge in [0.25, 0.3) is 0 Å². The van der Waals surface area contributed by atoms with E-state index in [1.807, 2.05) is 0 Å². The van der Waals surface area contributed by atoms with Gasteiger partial charge in [-0.05, 0) is 0 Å². The fraction of sp³-hybridized carbons (Fsp3) is 0.833. The van der Waals surface area contributed by atoms with Gasteiger partial charge in [0.05, 0.1) is 0 Å². The average Bonchev–Trinajstić information content (AvgIpc) is 1.92. The second-order valence-corrected chi connectivity index (χ2v) is 6.10. The summed E-state index contributed by atoms with van der Waals surface area (Å²) in [6.07, 6.45) is 3.61. The summed E-state index contributed by atoms with van der Waals surface area (Å²) in [5, 5.41) is 8.58. The van der Waals surface area contributed by atoms with E-state index in [2.05, 4.69) is 52.2 Å². The molecule has 0 fully saturated rings. The zero-order valence-corrected chi connectivity index (χ0v) is 13.1. The van der Waals surface area contributed by atoms with Crippen molar-refractivity contribution in [3.8, 4) is 0 Å². The average molecular weight is 269 g/mol. The van der Waals surface area contributed by atoms with Crippen molar-refractivity contribution in [3.05, 3.63) is 23.0 Å². The molecule has 88 valence electrons. The van der Waals surface area contributed by atoms with Gasteiger partial charge in [0.1, 0.15) is 0 Å². The van der Waals surface area contributed by atoms with E-state index in [1.54, 1.807) is 12.4 Å². The van der Waals surface area contributed by atoms with Crippen molar-refractivity contribution in [3.63, 3.8) is 0 Å². The Morgan fingerprint density at radius 2 is 1.00 bits per heavy atom. The van der Waals surface area contributed by atoms with Gasteiger partial charge in [0.2, 0.25) is 0 Å². The first kappa shape index (κ1) is 17.3. The minimum atomic E-state index is 0. The van der Waals surface area contributed by atoms with Crippen molar-refractivity contribution in [2.24, 2.45) is 10.8 Å². The smallest absolute Gasteiger partial charge is 0 e. The first-order valence-corrected chi connectivity index (χ1v) is 5.19. The topological polar surface area (TPSA) is 28.2 Å². The zero-order chi connectivity index (χ0) is 11.2. The number of hydrogen-bond acceptors (Lipinski definition) is 0. The van der Waals surface area contributed by atoms with Crippen LogP contribution in [0.15, 0.2) is 12.4 Å². The molecule has 0 aliphatic rings. The van der Waals surface area contributed by atoms with Crippen molar-refractivity contribution in [2.45, 2.75) is 41.5 Å². The third-order valence-electron chi connectivity index (χ3n) is 1.41. The Morgan fingerprint density at radius 1 is 0.733 bits per heavy atom. The zero-order valence-electron chi connectivity index (χ0n) is 11.0. The number of hydrogen-bond donors (Lipinski definition) is 0. The first-order chi connectivity index (χ1) is 6.21. The van der Waals surface area contributed by atoms with Crippen LogP contribution in [0.5, 0.6) is 0 Å². The fourth-order valence-electron chi connectivity index (χ4n) is 0.747. The van der Waals surface area contributed by atoms with Gasteiger partial charge in [0.15, 0.2) is 0 Å². The molecule has 0 amide bonds. The van der Waals surface area contributed by atoms with Crippen molar-refractivity contribution >= 4 is 17.6 Å². The predicted molar refractivity (Wildman–Crippen MR) is 70.3 cm³/mol. The SMILES string of the molecule is CC(C)(C)C[N-]/C=C\[N-]CC(C)(C)C.[Ge]. The molecule has 0 saturated carbocycles. The van der Waals surface area contributed by atoms with Gasteiger partial charge in [-0.1, -0.05) is 52.4 Å². The minimum absolute atomic E-state index is 0. The van der Waals surface area contributed by atoms with Crippen LogP contribution in [0.25, 0.3) is 10.6 Å². The summed E-state index contributed by atoms with van der Waals surface area (Å²) in [5.41, 5.74) is 0.544. The van der Waals surface area contributed by atoms with Crippen LogP contribution >= 0.6 is 0 Å². The Kier molecular flexibility index (Phi) is 8.30. The maximum absolute atomic E-state index is 4.29. The van der Waals surface area contributed by atoms with Crippen LogP contribution in [0.2, 0.25) is 0 Å². The molecule has 0 aliphatic heterocycles. The summed E-state index contributed by atoms with van der Waals surface area (Å²) < 4.78 is 0. The van der Waals surface area contributed by atoms with Crippen molar-refractivity contribution in [1.82, 2.24) is 0 Å². The van der Waals surface area contributed by atoms with Crippen LogP contribution in [0.3, 0.4) is 0 Å². The quantitative estimate of drug-likeness (QED) is 0.692. The van der Waals surface area contributed by atoms with E-state index in [9.17, 15) is 0 Å². The normalized spacial score (nSPS) is 12.4. The molecule has 0 unspecified atom stereocenters. The Balaban J connectivity index is 0. The van der Waals surface area contributed by atoms with Crippen LogP contribution in [0.4, 0.5) is 0 Å². The summed E-state index contributed by atoms with van der Waals surface area (Å²) in [5.74, 6) is 0. The Hall–Kier alpha value is -0.117. The molecule has 0 saturated heterocycles. The molecule has 0 aromatic rings. The summed E-state index contributed by atoms with van der Waals surface area (Å²) in [4.78, 5) is 0. The van der Waals surface area contributed by atoms with E-state index < -0.39 is 0 Å². The molecule has 0 atom stereocenters. The van der Waals surface area contributed by atoms with Crippen LogP contribution in [0.1, 0.15) is 41.5 Å². The van der Waals surface area contributed by atoms with Crippen LogP contribution in [-0.4, -0.2) is 30.7 Å². The molecule has 3 heteroatoms. The monoisotopic (exact) mass is 270 g/mol. The predicted octanol–water partition coefficient (Wildman–Crippen LogP) is 3.92. The van der Waals surface area contributed by atoms with Crippen LogP contribution in [-0.2, 0) is 0 Å². The summed E-state index contributed by atoms with van der Waals surface area (Å²) in [7, 11) is 0. The minimum Gasteiger partial charge on any atom is -0.692 e. The maximum atomic E-state index is 4.29. The fourth-order valence-corrected chi connectivity index (χ4v) is 0.747. The van der Waals surface area contributed by atoms with Gasteiger partial charge in [-0.15, -0.1) is 13.1 Å². The molecule has 2 nitrogen and oxygen atoms in total.